The predicted octanol–water partition coefficient (Wildman–Crippen LogP) is 4.55. The van der Waals surface area contributed by atoms with Gasteiger partial charge in [0.25, 0.3) is 0 Å². The van der Waals surface area contributed by atoms with Gasteiger partial charge in [0, 0.05) is 21.2 Å². The third-order valence-electron chi connectivity index (χ3n) is 4.49. The van der Waals surface area contributed by atoms with Crippen LogP contribution in [0.25, 0.3) is 5.69 Å². The number of hydrogen-bond acceptors (Lipinski definition) is 4. The lowest BCUT2D eigenvalue weighted by molar-refractivity contribution is 0.386. The van der Waals surface area contributed by atoms with E-state index in [9.17, 15) is 0 Å². The van der Waals surface area contributed by atoms with Gasteiger partial charge in [-0.3, -0.25) is 9.56 Å². The Kier molecular flexibility index (Phi) is 4.76. The Morgan fingerprint density at radius 2 is 1.81 bits per heavy atom. The average Bonchev–Trinajstić information content (AvgIpc) is 2.98. The van der Waals surface area contributed by atoms with Crippen molar-refractivity contribution in [2.24, 2.45) is 4.99 Å². The molecule has 0 radical (unpaired) electrons. The van der Waals surface area contributed by atoms with Gasteiger partial charge in [-0.25, -0.2) is 0 Å². The Bertz CT molecular complexity index is 1040. The molecule has 0 saturated carbocycles. The van der Waals surface area contributed by atoms with Crippen LogP contribution in [0.1, 0.15) is 35.7 Å². The minimum absolute atomic E-state index is 0.175. The number of rotatable bonds is 3. The lowest BCUT2D eigenvalue weighted by atomic mass is 10.00. The van der Waals surface area contributed by atoms with Crippen LogP contribution in [-0.4, -0.2) is 39.5 Å². The van der Waals surface area contributed by atoms with Crippen molar-refractivity contribution in [1.82, 2.24) is 19.7 Å². The molecule has 2 aromatic carbocycles. The summed E-state index contributed by atoms with van der Waals surface area (Å²) in [5, 5.41) is 10.1. The van der Waals surface area contributed by atoms with E-state index in [1.165, 1.54) is 0 Å². The van der Waals surface area contributed by atoms with Gasteiger partial charge in [-0.15, -0.1) is 10.2 Å². The minimum atomic E-state index is -0.175. The van der Waals surface area contributed by atoms with Crippen molar-refractivity contribution < 1.29 is 0 Å². The van der Waals surface area contributed by atoms with Crippen LogP contribution in [0.3, 0.4) is 0 Å². The molecule has 0 amide bonds. The van der Waals surface area contributed by atoms with Gasteiger partial charge in [0.15, 0.2) is 11.6 Å². The summed E-state index contributed by atoms with van der Waals surface area (Å²) in [6, 6.07) is 13.3. The molecule has 1 atom stereocenters. The van der Waals surface area contributed by atoms with Crippen LogP contribution in [0.15, 0.2) is 47.5 Å². The second-order valence-electron chi connectivity index (χ2n) is 6.84. The topological polar surface area (TPSA) is 46.3 Å². The lowest BCUT2D eigenvalue weighted by Gasteiger charge is -2.16. The number of aliphatic imine (C=N–C) groups is 1. The van der Waals surface area contributed by atoms with Crippen LogP contribution in [0, 0.1) is 0 Å². The fourth-order valence-corrected chi connectivity index (χ4v) is 3.73. The van der Waals surface area contributed by atoms with Crippen molar-refractivity contribution in [3.8, 4) is 5.69 Å². The van der Waals surface area contributed by atoms with Crippen LogP contribution in [0.5, 0.6) is 0 Å². The first-order chi connectivity index (χ1) is 13.0. The summed E-state index contributed by atoms with van der Waals surface area (Å²) in [5.41, 5.74) is 3.56. The van der Waals surface area contributed by atoms with Gasteiger partial charge < -0.3 is 4.90 Å². The molecule has 0 aliphatic carbocycles. The molecule has 0 fully saturated rings. The van der Waals surface area contributed by atoms with E-state index in [2.05, 4.69) is 19.7 Å². The van der Waals surface area contributed by atoms with Crippen molar-refractivity contribution in [3.05, 3.63) is 75.3 Å². The normalized spacial score (nSPS) is 15.9. The molecule has 0 N–H and O–H groups in total. The second-order valence-corrected chi connectivity index (χ2v) is 7.69. The molecule has 0 bridgehead atoms. The molecular formula is C20H19Cl2N5. The highest BCUT2D eigenvalue weighted by Crippen LogP contribution is 2.33. The highest BCUT2D eigenvalue weighted by Gasteiger charge is 2.27. The molecule has 138 valence electrons. The minimum Gasteiger partial charge on any atom is -0.302 e. The highest BCUT2D eigenvalue weighted by atomic mass is 35.5. The van der Waals surface area contributed by atoms with E-state index in [1.807, 2.05) is 63.5 Å². The summed E-state index contributed by atoms with van der Waals surface area (Å²) in [6.07, 6.45) is 0. The number of hydrogen-bond donors (Lipinski definition) is 0. The van der Waals surface area contributed by atoms with Crippen molar-refractivity contribution in [1.29, 1.82) is 0 Å². The average molecular weight is 400 g/mol. The number of halogens is 2. The molecule has 2 heterocycles. The first-order valence-corrected chi connectivity index (χ1v) is 9.43. The summed E-state index contributed by atoms with van der Waals surface area (Å²) in [7, 11) is 4.02. The molecule has 7 heteroatoms. The van der Waals surface area contributed by atoms with Gasteiger partial charge in [-0.05, 0) is 45.3 Å². The van der Waals surface area contributed by atoms with Crippen molar-refractivity contribution in [2.75, 3.05) is 14.1 Å². The van der Waals surface area contributed by atoms with Gasteiger partial charge in [0.1, 0.15) is 6.04 Å². The van der Waals surface area contributed by atoms with Gasteiger partial charge in [-0.1, -0.05) is 41.4 Å². The van der Waals surface area contributed by atoms with Gasteiger partial charge in [-0.2, -0.15) is 0 Å². The quantitative estimate of drug-likeness (QED) is 0.648. The molecule has 4 rings (SSSR count). The maximum atomic E-state index is 6.49. The third-order valence-corrected chi connectivity index (χ3v) is 5.06. The van der Waals surface area contributed by atoms with Crippen LogP contribution in [0.4, 0.5) is 0 Å². The maximum absolute atomic E-state index is 6.49. The van der Waals surface area contributed by atoms with Gasteiger partial charge >= 0.3 is 0 Å². The Hall–Kier alpha value is -2.21. The smallest absolute Gasteiger partial charge is 0.162 e. The Labute approximate surface area is 168 Å². The summed E-state index contributed by atoms with van der Waals surface area (Å²) >= 11 is 12.8. The van der Waals surface area contributed by atoms with E-state index in [-0.39, 0.29) is 6.04 Å². The molecule has 5 nitrogen and oxygen atoms in total. The molecule has 1 aromatic heterocycles. The highest BCUT2D eigenvalue weighted by molar-refractivity contribution is 6.36. The standard InChI is InChI=1S/C20H19Cl2N5/c1-12-20-25-24-18(11-26(2)3)27(20)17-9-8-13(21)10-15(17)19(23-12)14-6-4-5-7-16(14)22/h4-10,12H,11H2,1-3H3. The molecule has 1 unspecified atom stereocenters. The van der Waals surface area contributed by atoms with E-state index >= 15 is 0 Å². The number of nitrogens with zero attached hydrogens (tertiary/aromatic N) is 5. The Morgan fingerprint density at radius 1 is 1.04 bits per heavy atom. The van der Waals surface area contributed by atoms with Crippen molar-refractivity contribution in [3.63, 3.8) is 0 Å². The molecule has 3 aromatic rings. The Balaban J connectivity index is 2.00. The van der Waals surface area contributed by atoms with E-state index in [0.29, 0.717) is 16.6 Å². The third kappa shape index (κ3) is 3.27. The van der Waals surface area contributed by atoms with E-state index in [0.717, 1.165) is 34.2 Å². The zero-order chi connectivity index (χ0) is 19.1. The summed E-state index contributed by atoms with van der Waals surface area (Å²) in [4.78, 5) is 7.03. The SMILES string of the molecule is CC1N=C(c2ccccc2Cl)c2cc(Cl)ccc2-n2c(CN(C)C)nnc21. The van der Waals surface area contributed by atoms with Crippen molar-refractivity contribution >= 4 is 28.9 Å². The van der Waals surface area contributed by atoms with Crippen molar-refractivity contribution in [2.45, 2.75) is 19.5 Å². The van der Waals surface area contributed by atoms with Crippen LogP contribution in [0.2, 0.25) is 10.0 Å². The maximum Gasteiger partial charge on any atom is 0.162 e. The van der Waals surface area contributed by atoms with E-state index < -0.39 is 0 Å². The van der Waals surface area contributed by atoms with Gasteiger partial charge in [0.2, 0.25) is 0 Å². The van der Waals surface area contributed by atoms with Crippen LogP contribution >= 0.6 is 23.2 Å². The Morgan fingerprint density at radius 3 is 2.56 bits per heavy atom. The lowest BCUT2D eigenvalue weighted by Crippen LogP contribution is -2.17. The zero-order valence-corrected chi connectivity index (χ0v) is 16.8. The molecular weight excluding hydrogens is 381 g/mol. The number of fused-ring (bicyclic) bond motifs is 3. The molecule has 1 aliphatic rings. The zero-order valence-electron chi connectivity index (χ0n) is 15.3. The molecule has 0 saturated heterocycles. The molecule has 27 heavy (non-hydrogen) atoms. The van der Waals surface area contributed by atoms with E-state index in [4.69, 9.17) is 28.2 Å². The fourth-order valence-electron chi connectivity index (χ4n) is 3.33. The fraction of sp³-hybridized carbons (Fsp3) is 0.250. The largest absolute Gasteiger partial charge is 0.302 e. The summed E-state index contributed by atoms with van der Waals surface area (Å²) < 4.78 is 2.09. The first kappa shape index (κ1) is 18.2. The van der Waals surface area contributed by atoms with Gasteiger partial charge in [0.05, 0.1) is 17.9 Å². The predicted molar refractivity (Wildman–Crippen MR) is 109 cm³/mol. The number of aromatic nitrogens is 3. The van der Waals surface area contributed by atoms with Crippen LogP contribution in [-0.2, 0) is 6.54 Å². The molecule has 0 spiro atoms. The summed E-state index contributed by atoms with van der Waals surface area (Å²) in [5.74, 6) is 1.67. The molecule has 1 aliphatic heterocycles. The number of benzene rings is 2. The first-order valence-electron chi connectivity index (χ1n) is 8.67. The van der Waals surface area contributed by atoms with Crippen LogP contribution < -0.4 is 0 Å². The monoisotopic (exact) mass is 399 g/mol. The summed E-state index contributed by atoms with van der Waals surface area (Å²) in [6.45, 7) is 2.69. The van der Waals surface area contributed by atoms with E-state index in [1.54, 1.807) is 0 Å². The second kappa shape index (κ2) is 7.08.